The standard InChI is InChI=1S/C13H15N3O2.ClH/c1-9-11(14-7-8-17-9)13-15-12(16-18-13)10-5-3-2-4-6-10;/h2-6,9,11,14H,7-8H2,1H3;1H/t9-,11+;/m1./s1. The molecule has 0 saturated carbocycles. The van der Waals surface area contributed by atoms with E-state index in [1.54, 1.807) is 0 Å². The number of hydrogen-bond acceptors (Lipinski definition) is 5. The molecule has 0 amide bonds. The molecule has 1 N–H and O–H groups in total. The molecule has 19 heavy (non-hydrogen) atoms. The fraction of sp³-hybridized carbons (Fsp3) is 0.385. The molecule has 0 radical (unpaired) electrons. The number of halogens is 1. The van der Waals surface area contributed by atoms with Crippen molar-refractivity contribution >= 4 is 12.4 Å². The molecule has 1 fully saturated rings. The minimum atomic E-state index is -0.0243. The minimum Gasteiger partial charge on any atom is -0.375 e. The highest BCUT2D eigenvalue weighted by molar-refractivity contribution is 5.85. The number of aromatic nitrogens is 2. The number of nitrogens with one attached hydrogen (secondary N) is 1. The molecule has 3 rings (SSSR count). The van der Waals surface area contributed by atoms with Crippen molar-refractivity contribution in [2.24, 2.45) is 0 Å². The molecule has 1 saturated heterocycles. The van der Waals surface area contributed by atoms with Crippen LogP contribution in [0.25, 0.3) is 11.4 Å². The van der Waals surface area contributed by atoms with Gasteiger partial charge >= 0.3 is 0 Å². The highest BCUT2D eigenvalue weighted by Crippen LogP contribution is 2.23. The normalized spacial score (nSPS) is 22.8. The van der Waals surface area contributed by atoms with Crippen molar-refractivity contribution in [3.63, 3.8) is 0 Å². The van der Waals surface area contributed by atoms with Crippen molar-refractivity contribution in [2.45, 2.75) is 19.1 Å². The van der Waals surface area contributed by atoms with E-state index < -0.39 is 0 Å². The molecule has 0 aliphatic carbocycles. The first-order valence-electron chi connectivity index (χ1n) is 6.08. The second-order valence-electron chi connectivity index (χ2n) is 4.33. The third kappa shape index (κ3) is 2.94. The molecule has 2 aromatic rings. The first kappa shape index (κ1) is 14.0. The summed E-state index contributed by atoms with van der Waals surface area (Å²) in [5.41, 5.74) is 0.955. The van der Waals surface area contributed by atoms with Crippen molar-refractivity contribution in [2.75, 3.05) is 13.2 Å². The smallest absolute Gasteiger partial charge is 0.246 e. The molecule has 0 bridgehead atoms. The lowest BCUT2D eigenvalue weighted by atomic mass is 10.1. The van der Waals surface area contributed by atoms with Gasteiger partial charge in [0, 0.05) is 12.1 Å². The number of benzene rings is 1. The summed E-state index contributed by atoms with van der Waals surface area (Å²) in [4.78, 5) is 4.43. The Morgan fingerprint density at radius 2 is 2.05 bits per heavy atom. The average molecular weight is 282 g/mol. The van der Waals surface area contributed by atoms with E-state index in [2.05, 4.69) is 15.5 Å². The van der Waals surface area contributed by atoms with Gasteiger partial charge in [-0.1, -0.05) is 35.5 Å². The van der Waals surface area contributed by atoms with E-state index >= 15 is 0 Å². The van der Waals surface area contributed by atoms with E-state index in [9.17, 15) is 0 Å². The molecule has 1 aliphatic heterocycles. The van der Waals surface area contributed by atoms with Gasteiger partial charge in [-0.15, -0.1) is 12.4 Å². The maximum atomic E-state index is 5.57. The average Bonchev–Trinajstić information content (AvgIpc) is 2.90. The SMILES string of the molecule is C[C@H]1OCCN[C@@H]1c1nc(-c2ccccc2)no1.Cl. The Labute approximate surface area is 117 Å². The number of morpholine rings is 1. The fourth-order valence-corrected chi connectivity index (χ4v) is 2.08. The fourth-order valence-electron chi connectivity index (χ4n) is 2.08. The van der Waals surface area contributed by atoms with Crippen molar-refractivity contribution in [3.8, 4) is 11.4 Å². The second kappa shape index (κ2) is 6.14. The zero-order valence-electron chi connectivity index (χ0n) is 10.6. The van der Waals surface area contributed by atoms with E-state index in [1.165, 1.54) is 0 Å². The van der Waals surface area contributed by atoms with Crippen LogP contribution in [0.3, 0.4) is 0 Å². The summed E-state index contributed by atoms with van der Waals surface area (Å²) < 4.78 is 10.9. The summed E-state index contributed by atoms with van der Waals surface area (Å²) in [5.74, 6) is 1.20. The molecule has 1 aromatic carbocycles. The molecular weight excluding hydrogens is 266 g/mol. The molecule has 0 spiro atoms. The minimum absolute atomic E-state index is 0. The molecule has 0 unspecified atom stereocenters. The van der Waals surface area contributed by atoms with Crippen LogP contribution in [0.2, 0.25) is 0 Å². The Morgan fingerprint density at radius 3 is 2.79 bits per heavy atom. The zero-order valence-corrected chi connectivity index (χ0v) is 11.4. The molecule has 102 valence electrons. The van der Waals surface area contributed by atoms with Crippen LogP contribution in [-0.4, -0.2) is 29.4 Å². The van der Waals surface area contributed by atoms with Gasteiger partial charge in [0.15, 0.2) is 0 Å². The molecule has 2 heterocycles. The number of rotatable bonds is 2. The summed E-state index contributed by atoms with van der Waals surface area (Å²) in [6.45, 7) is 3.53. The maximum Gasteiger partial charge on any atom is 0.246 e. The molecule has 1 aromatic heterocycles. The first-order chi connectivity index (χ1) is 8.84. The van der Waals surface area contributed by atoms with Crippen LogP contribution >= 0.6 is 12.4 Å². The van der Waals surface area contributed by atoms with E-state index in [0.717, 1.165) is 18.7 Å². The Bertz CT molecular complexity index is 518. The Balaban J connectivity index is 0.00000133. The first-order valence-corrected chi connectivity index (χ1v) is 6.08. The molecule has 2 atom stereocenters. The molecule has 6 heteroatoms. The van der Waals surface area contributed by atoms with Crippen LogP contribution in [0.1, 0.15) is 18.9 Å². The Kier molecular flexibility index (Phi) is 4.52. The lowest BCUT2D eigenvalue weighted by molar-refractivity contribution is -0.00136. The van der Waals surface area contributed by atoms with E-state index in [4.69, 9.17) is 9.26 Å². The van der Waals surface area contributed by atoms with Gasteiger partial charge in [-0.25, -0.2) is 0 Å². The predicted octanol–water partition coefficient (Wildman–Crippen LogP) is 2.21. The van der Waals surface area contributed by atoms with Crippen LogP contribution in [-0.2, 0) is 4.74 Å². The summed E-state index contributed by atoms with van der Waals surface area (Å²) in [6.07, 6.45) is 0.0443. The van der Waals surface area contributed by atoms with Crippen molar-refractivity contribution < 1.29 is 9.26 Å². The van der Waals surface area contributed by atoms with E-state index in [-0.39, 0.29) is 24.6 Å². The van der Waals surface area contributed by atoms with Gasteiger partial charge in [-0.2, -0.15) is 4.98 Å². The Hall–Kier alpha value is -1.43. The quantitative estimate of drug-likeness (QED) is 0.914. The third-order valence-electron chi connectivity index (χ3n) is 3.06. The van der Waals surface area contributed by atoms with Crippen LogP contribution in [0.5, 0.6) is 0 Å². The summed E-state index contributed by atoms with van der Waals surface area (Å²) in [7, 11) is 0. The summed E-state index contributed by atoms with van der Waals surface area (Å²) in [6, 6.07) is 9.77. The van der Waals surface area contributed by atoms with Gasteiger partial charge in [-0.05, 0) is 6.92 Å². The van der Waals surface area contributed by atoms with Crippen molar-refractivity contribution in [1.29, 1.82) is 0 Å². The highest BCUT2D eigenvalue weighted by atomic mass is 35.5. The maximum absolute atomic E-state index is 5.57. The topological polar surface area (TPSA) is 60.2 Å². The predicted molar refractivity (Wildman–Crippen MR) is 73.1 cm³/mol. The van der Waals surface area contributed by atoms with Gasteiger partial charge in [0.1, 0.15) is 6.04 Å². The molecule has 5 nitrogen and oxygen atoms in total. The number of hydrogen-bond donors (Lipinski definition) is 1. The van der Waals surface area contributed by atoms with Crippen LogP contribution in [0.15, 0.2) is 34.9 Å². The van der Waals surface area contributed by atoms with Crippen molar-refractivity contribution in [3.05, 3.63) is 36.2 Å². The highest BCUT2D eigenvalue weighted by Gasteiger charge is 2.28. The van der Waals surface area contributed by atoms with Crippen LogP contribution < -0.4 is 5.32 Å². The second-order valence-corrected chi connectivity index (χ2v) is 4.33. The van der Waals surface area contributed by atoms with E-state index in [0.29, 0.717) is 11.7 Å². The largest absolute Gasteiger partial charge is 0.375 e. The monoisotopic (exact) mass is 281 g/mol. The van der Waals surface area contributed by atoms with Crippen LogP contribution in [0.4, 0.5) is 0 Å². The summed E-state index contributed by atoms with van der Waals surface area (Å²) >= 11 is 0. The van der Waals surface area contributed by atoms with Crippen LogP contribution in [0, 0.1) is 0 Å². The van der Waals surface area contributed by atoms with Gasteiger partial charge in [0.25, 0.3) is 0 Å². The Morgan fingerprint density at radius 1 is 1.26 bits per heavy atom. The van der Waals surface area contributed by atoms with Gasteiger partial charge in [0.05, 0.1) is 12.7 Å². The zero-order chi connectivity index (χ0) is 12.4. The van der Waals surface area contributed by atoms with E-state index in [1.807, 2.05) is 37.3 Å². The lowest BCUT2D eigenvalue weighted by Gasteiger charge is -2.27. The lowest BCUT2D eigenvalue weighted by Crippen LogP contribution is -2.40. The van der Waals surface area contributed by atoms with Crippen molar-refractivity contribution in [1.82, 2.24) is 15.5 Å². The third-order valence-corrected chi connectivity index (χ3v) is 3.06. The van der Waals surface area contributed by atoms with Gasteiger partial charge in [0.2, 0.25) is 11.7 Å². The molecule has 1 aliphatic rings. The van der Waals surface area contributed by atoms with Gasteiger partial charge in [-0.3, -0.25) is 0 Å². The van der Waals surface area contributed by atoms with Gasteiger partial charge < -0.3 is 14.6 Å². The molecular formula is C13H16ClN3O2. The number of ether oxygens (including phenoxy) is 1. The number of nitrogens with zero attached hydrogens (tertiary/aromatic N) is 2. The summed E-state index contributed by atoms with van der Waals surface area (Å²) in [5, 5.41) is 7.34.